The van der Waals surface area contributed by atoms with E-state index < -0.39 is 0 Å². The van der Waals surface area contributed by atoms with Gasteiger partial charge in [0.15, 0.2) is 5.13 Å². The second kappa shape index (κ2) is 10.8. The fraction of sp³-hybridized carbons (Fsp3) is 0.440. The van der Waals surface area contributed by atoms with Crippen LogP contribution in [0.1, 0.15) is 43.1 Å². The topological polar surface area (TPSA) is 45.7 Å². The first-order chi connectivity index (χ1) is 14.9. The van der Waals surface area contributed by atoms with E-state index >= 15 is 0 Å². The highest BCUT2D eigenvalue weighted by molar-refractivity contribution is 7.22. The van der Waals surface area contributed by atoms with Gasteiger partial charge in [0, 0.05) is 31.7 Å². The summed E-state index contributed by atoms with van der Waals surface area (Å²) in [6.07, 6.45) is 0.905. The summed E-state index contributed by atoms with van der Waals surface area (Å²) in [5.74, 6) is 0.0153. The first kappa shape index (κ1) is 24.6. The summed E-state index contributed by atoms with van der Waals surface area (Å²) in [6, 6.07) is 16.1. The Labute approximate surface area is 200 Å². The molecule has 1 amide bonds. The first-order valence-electron chi connectivity index (χ1n) is 11.0. The number of hydrogen-bond donors (Lipinski definition) is 0. The van der Waals surface area contributed by atoms with E-state index in [0.29, 0.717) is 12.1 Å². The maximum atomic E-state index is 13.5. The lowest BCUT2D eigenvalue weighted by Gasteiger charge is -2.28. The Kier molecular flexibility index (Phi) is 8.28. The molecule has 0 aliphatic carbocycles. The third kappa shape index (κ3) is 5.87. The molecule has 0 saturated carbocycles. The Morgan fingerprint density at radius 2 is 1.78 bits per heavy atom. The molecule has 0 atom stereocenters. The molecule has 7 heteroatoms. The zero-order valence-corrected chi connectivity index (χ0v) is 20.7. The number of morpholine rings is 1. The van der Waals surface area contributed by atoms with E-state index in [1.54, 1.807) is 11.3 Å². The standard InChI is InChI=1S/C25H31N3O2S.ClH/c1-25(2,3)20-11-9-19(10-12-20)23(29)28(14-6-13-27-15-17-30-18-16-27)24-26-21-7-4-5-8-22(21)31-24;/h4-5,7-12H,6,13-18H2,1-3H3;1H. The monoisotopic (exact) mass is 473 g/mol. The van der Waals surface area contributed by atoms with Crippen LogP contribution in [0.3, 0.4) is 0 Å². The van der Waals surface area contributed by atoms with Crippen LogP contribution in [0.2, 0.25) is 0 Å². The number of rotatable bonds is 6. The van der Waals surface area contributed by atoms with E-state index in [9.17, 15) is 4.79 Å². The van der Waals surface area contributed by atoms with Gasteiger partial charge in [-0.2, -0.15) is 0 Å². The Morgan fingerprint density at radius 3 is 2.44 bits per heavy atom. The van der Waals surface area contributed by atoms with Gasteiger partial charge in [0.05, 0.1) is 23.4 Å². The number of anilines is 1. The zero-order chi connectivity index (χ0) is 21.8. The van der Waals surface area contributed by atoms with Gasteiger partial charge in [0.1, 0.15) is 0 Å². The quantitative estimate of drug-likeness (QED) is 0.481. The Balaban J connectivity index is 0.00000289. The number of hydrogen-bond acceptors (Lipinski definition) is 5. The fourth-order valence-electron chi connectivity index (χ4n) is 3.81. The molecule has 2 aromatic carbocycles. The van der Waals surface area contributed by atoms with Gasteiger partial charge < -0.3 is 4.74 Å². The summed E-state index contributed by atoms with van der Waals surface area (Å²) in [5, 5.41) is 0.771. The molecule has 1 aromatic heterocycles. The molecule has 1 aliphatic rings. The number of amides is 1. The highest BCUT2D eigenvalue weighted by atomic mass is 35.5. The molecule has 1 saturated heterocycles. The molecule has 0 spiro atoms. The predicted octanol–water partition coefficient (Wildman–Crippen LogP) is 5.38. The molecule has 0 unspecified atom stereocenters. The smallest absolute Gasteiger partial charge is 0.260 e. The minimum Gasteiger partial charge on any atom is -0.379 e. The van der Waals surface area contributed by atoms with Crippen molar-refractivity contribution in [2.75, 3.05) is 44.3 Å². The lowest BCUT2D eigenvalue weighted by Crippen LogP contribution is -2.39. The summed E-state index contributed by atoms with van der Waals surface area (Å²) in [6.45, 7) is 11.7. The van der Waals surface area contributed by atoms with Gasteiger partial charge in [0.25, 0.3) is 5.91 Å². The lowest BCUT2D eigenvalue weighted by molar-refractivity contribution is 0.0376. The number of fused-ring (bicyclic) bond motifs is 1. The van der Waals surface area contributed by atoms with Crippen molar-refractivity contribution in [1.82, 2.24) is 9.88 Å². The van der Waals surface area contributed by atoms with Gasteiger partial charge in [-0.1, -0.05) is 56.4 Å². The van der Waals surface area contributed by atoms with Crippen LogP contribution in [0.4, 0.5) is 5.13 Å². The van der Waals surface area contributed by atoms with Crippen molar-refractivity contribution in [3.8, 4) is 0 Å². The first-order valence-corrected chi connectivity index (χ1v) is 11.8. The van der Waals surface area contributed by atoms with E-state index in [2.05, 4.69) is 43.9 Å². The molecule has 0 N–H and O–H groups in total. The van der Waals surface area contributed by atoms with Crippen LogP contribution in [0.5, 0.6) is 0 Å². The molecular weight excluding hydrogens is 442 g/mol. The van der Waals surface area contributed by atoms with Crippen LogP contribution in [0, 0.1) is 0 Å². The molecule has 172 valence electrons. The van der Waals surface area contributed by atoms with E-state index in [1.165, 1.54) is 5.56 Å². The fourth-order valence-corrected chi connectivity index (χ4v) is 4.80. The van der Waals surface area contributed by atoms with Crippen LogP contribution < -0.4 is 4.90 Å². The second-order valence-corrected chi connectivity index (χ2v) is 10.1. The number of carbonyl (C=O) groups is 1. The minimum absolute atomic E-state index is 0. The largest absolute Gasteiger partial charge is 0.379 e. The highest BCUT2D eigenvalue weighted by Gasteiger charge is 2.22. The van der Waals surface area contributed by atoms with Gasteiger partial charge in [-0.15, -0.1) is 12.4 Å². The third-order valence-corrected chi connectivity index (χ3v) is 6.78. The lowest BCUT2D eigenvalue weighted by atomic mass is 9.86. The third-order valence-electron chi connectivity index (χ3n) is 5.72. The molecule has 3 aromatic rings. The zero-order valence-electron chi connectivity index (χ0n) is 19.0. The average Bonchev–Trinajstić information content (AvgIpc) is 3.20. The summed E-state index contributed by atoms with van der Waals surface area (Å²) >= 11 is 1.58. The number of thiazole rings is 1. The summed E-state index contributed by atoms with van der Waals surface area (Å²) < 4.78 is 6.55. The van der Waals surface area contributed by atoms with Crippen LogP contribution in [-0.4, -0.2) is 55.2 Å². The average molecular weight is 474 g/mol. The maximum Gasteiger partial charge on any atom is 0.260 e. The molecule has 32 heavy (non-hydrogen) atoms. The number of ether oxygens (including phenoxy) is 1. The number of carbonyl (C=O) groups excluding carboxylic acids is 1. The number of para-hydroxylation sites is 1. The Bertz CT molecular complexity index is 991. The van der Waals surface area contributed by atoms with E-state index in [1.807, 2.05) is 35.2 Å². The molecule has 1 aliphatic heterocycles. The minimum atomic E-state index is 0. The molecule has 0 bridgehead atoms. The summed E-state index contributed by atoms with van der Waals surface area (Å²) in [7, 11) is 0. The van der Waals surface area contributed by atoms with Crippen LogP contribution >= 0.6 is 23.7 Å². The molecule has 5 nitrogen and oxygen atoms in total. The number of halogens is 1. The van der Waals surface area contributed by atoms with Gasteiger partial charge in [0.2, 0.25) is 0 Å². The van der Waals surface area contributed by atoms with Crippen LogP contribution in [0.15, 0.2) is 48.5 Å². The maximum absolute atomic E-state index is 13.5. The Hall–Kier alpha value is -1.99. The van der Waals surface area contributed by atoms with Crippen molar-refractivity contribution >= 4 is 45.0 Å². The van der Waals surface area contributed by atoms with Crippen LogP contribution in [0.25, 0.3) is 10.2 Å². The van der Waals surface area contributed by atoms with Gasteiger partial charge in [-0.05, 0) is 41.7 Å². The van der Waals surface area contributed by atoms with Crippen molar-refractivity contribution in [1.29, 1.82) is 0 Å². The van der Waals surface area contributed by atoms with E-state index in [4.69, 9.17) is 9.72 Å². The van der Waals surface area contributed by atoms with Crippen molar-refractivity contribution in [2.45, 2.75) is 32.6 Å². The van der Waals surface area contributed by atoms with Crippen molar-refractivity contribution in [3.05, 3.63) is 59.7 Å². The second-order valence-electron chi connectivity index (χ2n) is 9.06. The molecule has 2 heterocycles. The molecular formula is C25H32ClN3O2S. The van der Waals surface area contributed by atoms with Crippen molar-refractivity contribution in [3.63, 3.8) is 0 Å². The van der Waals surface area contributed by atoms with Gasteiger partial charge in [-0.25, -0.2) is 4.98 Å². The molecule has 1 fully saturated rings. The van der Waals surface area contributed by atoms with Crippen molar-refractivity contribution < 1.29 is 9.53 Å². The molecule has 0 radical (unpaired) electrons. The number of nitrogens with zero attached hydrogens (tertiary/aromatic N) is 3. The number of benzene rings is 2. The SMILES string of the molecule is CC(C)(C)c1ccc(C(=O)N(CCCN2CCOCC2)c2nc3ccccc3s2)cc1.Cl. The number of aromatic nitrogens is 1. The van der Waals surface area contributed by atoms with E-state index in [-0.39, 0.29) is 23.7 Å². The van der Waals surface area contributed by atoms with Crippen LogP contribution in [-0.2, 0) is 10.2 Å². The predicted molar refractivity (Wildman–Crippen MR) is 136 cm³/mol. The highest BCUT2D eigenvalue weighted by Crippen LogP contribution is 2.30. The van der Waals surface area contributed by atoms with E-state index in [0.717, 1.165) is 54.6 Å². The summed E-state index contributed by atoms with van der Waals surface area (Å²) in [4.78, 5) is 22.6. The van der Waals surface area contributed by atoms with Gasteiger partial charge in [-0.3, -0.25) is 14.6 Å². The van der Waals surface area contributed by atoms with Gasteiger partial charge >= 0.3 is 0 Å². The van der Waals surface area contributed by atoms with Crippen molar-refractivity contribution in [2.24, 2.45) is 0 Å². The Morgan fingerprint density at radius 1 is 1.09 bits per heavy atom. The summed E-state index contributed by atoms with van der Waals surface area (Å²) in [5.41, 5.74) is 2.94. The normalized spacial score (nSPS) is 14.8. The molecule has 4 rings (SSSR count).